The second-order valence-corrected chi connectivity index (χ2v) is 7.75. The molecule has 0 spiro atoms. The maximum atomic E-state index is 12.6. The largest absolute Gasteiger partial charge is 0.379 e. The molecule has 2 aromatic carbocycles. The van der Waals surface area contributed by atoms with E-state index in [1.54, 1.807) is 24.3 Å². The van der Waals surface area contributed by atoms with Crippen molar-refractivity contribution < 1.29 is 17.9 Å². The number of nitrogens with zero attached hydrogens (tertiary/aromatic N) is 2. The number of nitrogens with one attached hydrogen (secondary N) is 2. The maximum Gasteiger partial charge on any atom is 0.323 e. The normalized spacial score (nSPS) is 14.9. The molecule has 1 fully saturated rings. The van der Waals surface area contributed by atoms with Crippen molar-refractivity contribution in [3.8, 4) is 6.07 Å². The van der Waals surface area contributed by atoms with Gasteiger partial charge in [-0.3, -0.25) is 0 Å². The average Bonchev–Trinajstić information content (AvgIpc) is 2.69. The number of anilines is 2. The Bertz CT molecular complexity index is 944. The maximum absolute atomic E-state index is 12.6. The Morgan fingerprint density at radius 2 is 1.48 bits per heavy atom. The van der Waals surface area contributed by atoms with Crippen LogP contribution in [0.5, 0.6) is 0 Å². The van der Waals surface area contributed by atoms with E-state index in [-0.39, 0.29) is 4.90 Å². The lowest BCUT2D eigenvalue weighted by Crippen LogP contribution is -2.40. The first-order valence-corrected chi connectivity index (χ1v) is 9.69. The number of ether oxygens (including phenoxy) is 1. The SMILES string of the molecule is N#Cc1ccc(NC(=O)Nc2ccc(S(=O)(=O)N3CCOCC3)cc2)cc1. The molecule has 1 heterocycles. The molecular weight excluding hydrogens is 368 g/mol. The number of carbonyl (C=O) groups excluding carboxylic acids is 1. The highest BCUT2D eigenvalue weighted by atomic mass is 32.2. The van der Waals surface area contributed by atoms with Gasteiger partial charge in [0.15, 0.2) is 0 Å². The summed E-state index contributed by atoms with van der Waals surface area (Å²) in [4.78, 5) is 12.2. The molecule has 0 aromatic heterocycles. The fraction of sp³-hybridized carbons (Fsp3) is 0.222. The number of carbonyl (C=O) groups is 1. The highest BCUT2D eigenvalue weighted by Crippen LogP contribution is 2.19. The Morgan fingerprint density at radius 3 is 2.00 bits per heavy atom. The van der Waals surface area contributed by atoms with Crippen LogP contribution in [0.1, 0.15) is 5.56 Å². The van der Waals surface area contributed by atoms with E-state index in [1.807, 2.05) is 6.07 Å². The molecule has 0 radical (unpaired) electrons. The van der Waals surface area contributed by atoms with E-state index in [0.29, 0.717) is 43.2 Å². The summed E-state index contributed by atoms with van der Waals surface area (Å²) in [5.74, 6) is 0. The summed E-state index contributed by atoms with van der Waals surface area (Å²) in [6.45, 7) is 1.42. The van der Waals surface area contributed by atoms with Gasteiger partial charge in [0.25, 0.3) is 0 Å². The fourth-order valence-corrected chi connectivity index (χ4v) is 3.98. The van der Waals surface area contributed by atoms with Crippen LogP contribution in [-0.2, 0) is 14.8 Å². The van der Waals surface area contributed by atoms with E-state index >= 15 is 0 Å². The number of morpholine rings is 1. The zero-order valence-corrected chi connectivity index (χ0v) is 15.2. The summed E-state index contributed by atoms with van der Waals surface area (Å²) in [5, 5.41) is 14.0. The number of hydrogen-bond donors (Lipinski definition) is 2. The summed E-state index contributed by atoms with van der Waals surface area (Å²) in [6.07, 6.45) is 0. The zero-order valence-electron chi connectivity index (χ0n) is 14.4. The van der Waals surface area contributed by atoms with Crippen molar-refractivity contribution in [3.63, 3.8) is 0 Å². The van der Waals surface area contributed by atoms with Gasteiger partial charge in [0.2, 0.25) is 10.0 Å². The average molecular weight is 386 g/mol. The molecule has 1 aliphatic rings. The van der Waals surface area contributed by atoms with Crippen molar-refractivity contribution in [2.75, 3.05) is 36.9 Å². The smallest absolute Gasteiger partial charge is 0.323 e. The van der Waals surface area contributed by atoms with E-state index in [9.17, 15) is 13.2 Å². The molecule has 0 aliphatic carbocycles. The van der Waals surface area contributed by atoms with Crippen LogP contribution < -0.4 is 10.6 Å². The summed E-state index contributed by atoms with van der Waals surface area (Å²) in [7, 11) is -3.56. The lowest BCUT2D eigenvalue weighted by atomic mass is 10.2. The van der Waals surface area contributed by atoms with E-state index in [4.69, 9.17) is 10.00 Å². The van der Waals surface area contributed by atoms with Crippen LogP contribution in [0.4, 0.5) is 16.2 Å². The van der Waals surface area contributed by atoms with Gasteiger partial charge in [0.05, 0.1) is 29.7 Å². The number of rotatable bonds is 4. The Kier molecular flexibility index (Phi) is 5.71. The molecule has 2 amide bonds. The molecule has 8 nitrogen and oxygen atoms in total. The summed E-state index contributed by atoms with van der Waals surface area (Å²) in [6, 6.07) is 14.0. The highest BCUT2D eigenvalue weighted by molar-refractivity contribution is 7.89. The van der Waals surface area contributed by atoms with Crippen molar-refractivity contribution in [1.29, 1.82) is 5.26 Å². The van der Waals surface area contributed by atoms with Crippen molar-refractivity contribution in [3.05, 3.63) is 54.1 Å². The standard InChI is InChI=1S/C18H18N4O4S/c19-13-14-1-3-15(4-2-14)20-18(23)21-16-5-7-17(8-6-16)27(24,25)22-9-11-26-12-10-22/h1-8H,9-12H2,(H2,20,21,23). The van der Waals surface area contributed by atoms with Crippen molar-refractivity contribution >= 4 is 27.4 Å². The van der Waals surface area contributed by atoms with Crippen LogP contribution in [-0.4, -0.2) is 45.1 Å². The lowest BCUT2D eigenvalue weighted by molar-refractivity contribution is 0.0730. The summed E-state index contributed by atoms with van der Waals surface area (Å²) < 4.78 is 31.7. The number of hydrogen-bond acceptors (Lipinski definition) is 5. The van der Waals surface area contributed by atoms with Crippen LogP contribution >= 0.6 is 0 Å². The third-order valence-corrected chi connectivity index (χ3v) is 5.90. The molecule has 0 saturated carbocycles. The molecule has 9 heteroatoms. The van der Waals surface area contributed by atoms with Gasteiger partial charge in [0, 0.05) is 24.5 Å². The molecule has 0 unspecified atom stereocenters. The molecule has 140 valence electrons. The van der Waals surface area contributed by atoms with E-state index in [1.165, 1.54) is 28.6 Å². The number of benzene rings is 2. The summed E-state index contributed by atoms with van der Waals surface area (Å²) >= 11 is 0. The molecular formula is C18H18N4O4S. The number of sulfonamides is 1. The molecule has 2 N–H and O–H groups in total. The van der Waals surface area contributed by atoms with Gasteiger partial charge >= 0.3 is 6.03 Å². The van der Waals surface area contributed by atoms with E-state index in [0.717, 1.165) is 0 Å². The number of nitriles is 1. The number of urea groups is 1. The van der Waals surface area contributed by atoms with Crippen molar-refractivity contribution in [1.82, 2.24) is 4.31 Å². The second kappa shape index (κ2) is 8.18. The third-order valence-electron chi connectivity index (χ3n) is 3.99. The molecule has 1 aliphatic heterocycles. The molecule has 3 rings (SSSR count). The Balaban J connectivity index is 1.63. The minimum absolute atomic E-state index is 0.169. The lowest BCUT2D eigenvalue weighted by Gasteiger charge is -2.26. The molecule has 2 aromatic rings. The minimum atomic E-state index is -3.56. The van der Waals surface area contributed by atoms with Gasteiger partial charge in [-0.15, -0.1) is 0 Å². The molecule has 27 heavy (non-hydrogen) atoms. The monoisotopic (exact) mass is 386 g/mol. The van der Waals surface area contributed by atoms with E-state index < -0.39 is 16.1 Å². The van der Waals surface area contributed by atoms with Gasteiger partial charge in [-0.25, -0.2) is 13.2 Å². The Labute approximate surface area is 157 Å². The van der Waals surface area contributed by atoms with Crippen molar-refractivity contribution in [2.24, 2.45) is 0 Å². The van der Waals surface area contributed by atoms with Gasteiger partial charge in [-0.2, -0.15) is 9.57 Å². The van der Waals surface area contributed by atoms with Gasteiger partial charge < -0.3 is 15.4 Å². The topological polar surface area (TPSA) is 112 Å². The molecule has 1 saturated heterocycles. The van der Waals surface area contributed by atoms with E-state index in [2.05, 4.69) is 10.6 Å². The predicted molar refractivity (Wildman–Crippen MR) is 99.8 cm³/mol. The van der Waals surface area contributed by atoms with Gasteiger partial charge in [-0.1, -0.05) is 0 Å². The fourth-order valence-electron chi connectivity index (χ4n) is 2.57. The van der Waals surface area contributed by atoms with Gasteiger partial charge in [-0.05, 0) is 48.5 Å². The first-order chi connectivity index (χ1) is 13.0. The second-order valence-electron chi connectivity index (χ2n) is 5.81. The Morgan fingerprint density at radius 1 is 0.963 bits per heavy atom. The number of amides is 2. The van der Waals surface area contributed by atoms with Crippen molar-refractivity contribution in [2.45, 2.75) is 4.90 Å². The quantitative estimate of drug-likeness (QED) is 0.837. The first kappa shape index (κ1) is 18.8. The Hall–Kier alpha value is -2.93. The van der Waals surface area contributed by atoms with Crippen LogP contribution in [0.25, 0.3) is 0 Å². The minimum Gasteiger partial charge on any atom is -0.379 e. The van der Waals surface area contributed by atoms with Crippen LogP contribution in [0.15, 0.2) is 53.4 Å². The van der Waals surface area contributed by atoms with Gasteiger partial charge in [0.1, 0.15) is 0 Å². The molecule has 0 bridgehead atoms. The first-order valence-electron chi connectivity index (χ1n) is 8.25. The third kappa shape index (κ3) is 4.62. The van der Waals surface area contributed by atoms with Crippen LogP contribution in [0, 0.1) is 11.3 Å². The van der Waals surface area contributed by atoms with Crippen LogP contribution in [0.2, 0.25) is 0 Å². The van der Waals surface area contributed by atoms with Crippen LogP contribution in [0.3, 0.4) is 0 Å². The zero-order chi connectivity index (χ0) is 19.3. The predicted octanol–water partition coefficient (Wildman–Crippen LogP) is 2.22. The summed E-state index contributed by atoms with van der Waals surface area (Å²) in [5.41, 5.74) is 1.50. The highest BCUT2D eigenvalue weighted by Gasteiger charge is 2.26. The molecule has 0 atom stereocenters.